The monoisotopic (exact) mass is 329 g/mol. The summed E-state index contributed by atoms with van der Waals surface area (Å²) < 4.78 is 0. The molecule has 0 amide bonds. The van der Waals surface area contributed by atoms with Crippen LogP contribution in [0.2, 0.25) is 0 Å². The molecule has 0 unspecified atom stereocenters. The number of nitrogen functional groups attached to an aromatic ring is 3. The fourth-order valence-corrected chi connectivity index (χ4v) is 2.66. The number of anilines is 3. The van der Waals surface area contributed by atoms with Crippen molar-refractivity contribution in [3.63, 3.8) is 0 Å². The van der Waals surface area contributed by atoms with Crippen molar-refractivity contribution >= 4 is 28.7 Å². The third kappa shape index (κ3) is 2.67. The largest absolute Gasteiger partial charge is 0.382 e. The zero-order chi connectivity index (χ0) is 17.4. The minimum Gasteiger partial charge on any atom is -0.382 e. The van der Waals surface area contributed by atoms with Crippen LogP contribution >= 0.6 is 0 Å². The minimum atomic E-state index is 0.0404. The fraction of sp³-hybridized carbons (Fsp3) is 0. The van der Waals surface area contributed by atoms with Crippen LogP contribution in [0.25, 0.3) is 33.5 Å². The molecule has 25 heavy (non-hydrogen) atoms. The van der Waals surface area contributed by atoms with Gasteiger partial charge in [0, 0.05) is 5.56 Å². The minimum absolute atomic E-state index is 0.0404. The highest BCUT2D eigenvalue weighted by Crippen LogP contribution is 2.28. The summed E-state index contributed by atoms with van der Waals surface area (Å²) in [5.74, 6) is 0.480. The van der Waals surface area contributed by atoms with Crippen molar-refractivity contribution in [1.82, 2.24) is 19.9 Å². The molecule has 2 heterocycles. The number of benzene rings is 2. The highest BCUT2D eigenvalue weighted by Gasteiger charge is 2.13. The zero-order valence-corrected chi connectivity index (χ0v) is 13.2. The van der Waals surface area contributed by atoms with Gasteiger partial charge in [0.1, 0.15) is 5.69 Å². The molecular formula is C18H15N7. The van der Waals surface area contributed by atoms with Crippen molar-refractivity contribution in [1.29, 1.82) is 0 Å². The summed E-state index contributed by atoms with van der Waals surface area (Å²) in [4.78, 5) is 16.7. The molecule has 0 saturated carbocycles. The summed E-state index contributed by atoms with van der Waals surface area (Å²) in [6, 6.07) is 18.0. The number of nitrogens with zero attached hydrogens (tertiary/aromatic N) is 4. The Balaban J connectivity index is 1.80. The fourth-order valence-electron chi connectivity index (χ4n) is 2.66. The van der Waals surface area contributed by atoms with Crippen LogP contribution in [0.15, 0.2) is 54.6 Å². The lowest BCUT2D eigenvalue weighted by Gasteiger charge is -2.08. The molecule has 4 aromatic rings. The van der Waals surface area contributed by atoms with Crippen LogP contribution in [-0.4, -0.2) is 19.9 Å². The maximum atomic E-state index is 6.05. The smallest absolute Gasteiger partial charge is 0.224 e. The highest BCUT2D eigenvalue weighted by molar-refractivity contribution is 5.87. The number of hydrogen-bond donors (Lipinski definition) is 3. The SMILES string of the molecule is Nc1nc(N)c2nc(-c3ccc(-c4ccccc4)cc3)c(N)nc2n1. The number of fused-ring (bicyclic) bond motifs is 1. The molecular weight excluding hydrogens is 314 g/mol. The van der Waals surface area contributed by atoms with E-state index in [1.807, 2.05) is 42.5 Å². The predicted molar refractivity (Wildman–Crippen MR) is 99.2 cm³/mol. The molecule has 7 heteroatoms. The molecule has 0 radical (unpaired) electrons. The first-order valence-corrected chi connectivity index (χ1v) is 7.64. The van der Waals surface area contributed by atoms with Crippen LogP contribution in [-0.2, 0) is 0 Å². The Morgan fingerprint density at radius 3 is 1.92 bits per heavy atom. The summed E-state index contributed by atoms with van der Waals surface area (Å²) >= 11 is 0. The van der Waals surface area contributed by atoms with E-state index in [0.29, 0.717) is 11.2 Å². The predicted octanol–water partition coefficient (Wildman–Crippen LogP) is 2.50. The van der Waals surface area contributed by atoms with Crippen molar-refractivity contribution in [2.75, 3.05) is 17.2 Å². The van der Waals surface area contributed by atoms with Crippen LogP contribution in [0, 0.1) is 0 Å². The maximum Gasteiger partial charge on any atom is 0.224 e. The van der Waals surface area contributed by atoms with Crippen LogP contribution in [0.3, 0.4) is 0 Å². The van der Waals surface area contributed by atoms with E-state index in [1.165, 1.54) is 0 Å². The second kappa shape index (κ2) is 5.72. The Hall–Kier alpha value is -3.74. The first-order chi connectivity index (χ1) is 12.1. The van der Waals surface area contributed by atoms with E-state index in [1.54, 1.807) is 0 Å². The molecule has 122 valence electrons. The summed E-state index contributed by atoms with van der Waals surface area (Å²) in [5, 5.41) is 0. The summed E-state index contributed by atoms with van der Waals surface area (Å²) in [6.45, 7) is 0. The molecule has 4 rings (SSSR count). The second-order valence-corrected chi connectivity index (χ2v) is 5.54. The lowest BCUT2D eigenvalue weighted by molar-refractivity contribution is 1.17. The molecule has 0 bridgehead atoms. The van der Waals surface area contributed by atoms with Gasteiger partial charge in [-0.15, -0.1) is 0 Å². The topological polar surface area (TPSA) is 130 Å². The Bertz CT molecular complexity index is 1060. The summed E-state index contributed by atoms with van der Waals surface area (Å²) in [7, 11) is 0. The van der Waals surface area contributed by atoms with Gasteiger partial charge in [0.05, 0.1) is 0 Å². The van der Waals surface area contributed by atoms with E-state index >= 15 is 0 Å². The Morgan fingerprint density at radius 2 is 1.20 bits per heavy atom. The van der Waals surface area contributed by atoms with Gasteiger partial charge < -0.3 is 17.2 Å². The van der Waals surface area contributed by atoms with E-state index in [0.717, 1.165) is 16.7 Å². The van der Waals surface area contributed by atoms with Gasteiger partial charge in [0.2, 0.25) is 5.95 Å². The molecule has 2 aromatic heterocycles. The summed E-state index contributed by atoms with van der Waals surface area (Å²) in [6.07, 6.45) is 0. The molecule has 0 aliphatic heterocycles. The van der Waals surface area contributed by atoms with E-state index in [-0.39, 0.29) is 23.2 Å². The maximum absolute atomic E-state index is 6.05. The number of nitrogens with two attached hydrogens (primary N) is 3. The lowest BCUT2D eigenvalue weighted by Crippen LogP contribution is -2.06. The van der Waals surface area contributed by atoms with Crippen molar-refractivity contribution in [2.24, 2.45) is 0 Å². The lowest BCUT2D eigenvalue weighted by atomic mass is 10.0. The van der Waals surface area contributed by atoms with E-state index in [2.05, 4.69) is 32.1 Å². The zero-order valence-electron chi connectivity index (χ0n) is 13.2. The standard InChI is InChI=1S/C18H15N7/c19-15-13(22-14-16(20)24-18(21)25-17(14)23-15)12-8-6-11(7-9-12)10-4-2-1-3-5-10/h1-9H,(H6,19,20,21,23,24,25). The number of rotatable bonds is 2. The van der Waals surface area contributed by atoms with Gasteiger partial charge in [-0.25, -0.2) is 9.97 Å². The van der Waals surface area contributed by atoms with Crippen molar-refractivity contribution in [2.45, 2.75) is 0 Å². The molecule has 0 fully saturated rings. The quantitative estimate of drug-likeness (QED) is 0.515. The van der Waals surface area contributed by atoms with Gasteiger partial charge >= 0.3 is 0 Å². The van der Waals surface area contributed by atoms with Crippen molar-refractivity contribution < 1.29 is 0 Å². The van der Waals surface area contributed by atoms with Gasteiger partial charge in [-0.05, 0) is 11.1 Å². The van der Waals surface area contributed by atoms with Gasteiger partial charge in [-0.1, -0.05) is 54.6 Å². The third-order valence-electron chi connectivity index (χ3n) is 3.87. The van der Waals surface area contributed by atoms with E-state index < -0.39 is 0 Å². The molecule has 0 atom stereocenters. The van der Waals surface area contributed by atoms with Crippen molar-refractivity contribution in [3.8, 4) is 22.4 Å². The molecule has 7 nitrogen and oxygen atoms in total. The average Bonchev–Trinajstić information content (AvgIpc) is 2.62. The molecule has 0 spiro atoms. The van der Waals surface area contributed by atoms with Gasteiger partial charge in [0.15, 0.2) is 22.8 Å². The van der Waals surface area contributed by atoms with Crippen LogP contribution in [0.4, 0.5) is 17.6 Å². The Labute approximate surface area is 143 Å². The van der Waals surface area contributed by atoms with E-state index in [4.69, 9.17) is 17.2 Å². The molecule has 2 aromatic carbocycles. The second-order valence-electron chi connectivity index (χ2n) is 5.54. The van der Waals surface area contributed by atoms with Crippen LogP contribution in [0.5, 0.6) is 0 Å². The third-order valence-corrected chi connectivity index (χ3v) is 3.87. The Kier molecular flexibility index (Phi) is 3.39. The number of aromatic nitrogens is 4. The Morgan fingerprint density at radius 1 is 0.560 bits per heavy atom. The van der Waals surface area contributed by atoms with Gasteiger partial charge in [-0.2, -0.15) is 9.97 Å². The molecule has 0 saturated heterocycles. The first-order valence-electron chi connectivity index (χ1n) is 7.64. The van der Waals surface area contributed by atoms with Crippen LogP contribution < -0.4 is 17.2 Å². The average molecular weight is 329 g/mol. The van der Waals surface area contributed by atoms with Crippen LogP contribution in [0.1, 0.15) is 0 Å². The van der Waals surface area contributed by atoms with Gasteiger partial charge in [0.25, 0.3) is 0 Å². The number of hydrogen-bond acceptors (Lipinski definition) is 7. The molecule has 0 aliphatic carbocycles. The normalized spacial score (nSPS) is 10.9. The molecule has 0 aliphatic rings. The summed E-state index contributed by atoms with van der Waals surface area (Å²) in [5.41, 5.74) is 21.8. The molecule has 6 N–H and O–H groups in total. The highest BCUT2D eigenvalue weighted by atomic mass is 15.1. The van der Waals surface area contributed by atoms with Crippen molar-refractivity contribution in [3.05, 3.63) is 54.6 Å². The van der Waals surface area contributed by atoms with Gasteiger partial charge in [-0.3, -0.25) is 0 Å². The first kappa shape index (κ1) is 14.8. The van der Waals surface area contributed by atoms with E-state index in [9.17, 15) is 0 Å².